The average Bonchev–Trinajstić information content (AvgIpc) is 2.86. The third-order valence-corrected chi connectivity index (χ3v) is 7.25. The molecule has 7 nitrogen and oxygen atoms in total. The lowest BCUT2D eigenvalue weighted by molar-refractivity contribution is -0.119. The SMILES string of the molecule is COc1ccc2c(c1)CCC/C2=N/NC(=O)CN(c1ccccc1)S(=O)(=O)c1ccccc1. The van der Waals surface area contributed by atoms with Gasteiger partial charge in [-0.2, -0.15) is 5.10 Å². The average molecular weight is 464 g/mol. The zero-order valence-corrected chi connectivity index (χ0v) is 19.1. The Bertz CT molecular complexity index is 1260. The van der Waals surface area contributed by atoms with Crippen LogP contribution in [-0.4, -0.2) is 33.7 Å². The number of nitrogens with one attached hydrogen (secondary N) is 1. The minimum absolute atomic E-state index is 0.114. The number of fused-ring (bicyclic) bond motifs is 1. The molecule has 33 heavy (non-hydrogen) atoms. The lowest BCUT2D eigenvalue weighted by Crippen LogP contribution is -2.39. The van der Waals surface area contributed by atoms with Crippen LogP contribution in [0.3, 0.4) is 0 Å². The highest BCUT2D eigenvalue weighted by atomic mass is 32.2. The van der Waals surface area contributed by atoms with Crippen molar-refractivity contribution in [3.8, 4) is 5.75 Å². The van der Waals surface area contributed by atoms with E-state index in [9.17, 15) is 13.2 Å². The van der Waals surface area contributed by atoms with Crippen molar-refractivity contribution in [3.05, 3.63) is 90.0 Å². The molecule has 0 atom stereocenters. The van der Waals surface area contributed by atoms with E-state index in [2.05, 4.69) is 10.5 Å². The first kappa shape index (κ1) is 22.5. The van der Waals surface area contributed by atoms with Crippen LogP contribution >= 0.6 is 0 Å². The summed E-state index contributed by atoms with van der Waals surface area (Å²) < 4.78 is 33.0. The fourth-order valence-electron chi connectivity index (χ4n) is 3.81. The minimum atomic E-state index is -3.94. The van der Waals surface area contributed by atoms with Crippen LogP contribution in [0, 0.1) is 0 Å². The molecule has 1 amide bonds. The highest BCUT2D eigenvalue weighted by molar-refractivity contribution is 7.92. The molecule has 170 valence electrons. The first-order chi connectivity index (χ1) is 16.0. The van der Waals surface area contributed by atoms with Crippen molar-refractivity contribution in [3.63, 3.8) is 0 Å². The monoisotopic (exact) mass is 463 g/mol. The maximum absolute atomic E-state index is 13.3. The molecule has 1 aliphatic rings. The second kappa shape index (κ2) is 9.87. The van der Waals surface area contributed by atoms with Gasteiger partial charge in [-0.3, -0.25) is 9.10 Å². The summed E-state index contributed by atoms with van der Waals surface area (Å²) >= 11 is 0. The number of para-hydroxylation sites is 1. The van der Waals surface area contributed by atoms with Crippen molar-refractivity contribution in [1.29, 1.82) is 0 Å². The van der Waals surface area contributed by atoms with Crippen LogP contribution in [0.1, 0.15) is 24.0 Å². The van der Waals surface area contributed by atoms with Gasteiger partial charge in [0.1, 0.15) is 12.3 Å². The van der Waals surface area contributed by atoms with Crippen molar-refractivity contribution in [2.75, 3.05) is 18.0 Å². The Labute approximate surface area is 193 Å². The number of carbonyl (C=O) groups is 1. The van der Waals surface area contributed by atoms with Gasteiger partial charge in [-0.1, -0.05) is 36.4 Å². The molecule has 0 saturated carbocycles. The summed E-state index contributed by atoms with van der Waals surface area (Å²) in [7, 11) is -2.31. The summed E-state index contributed by atoms with van der Waals surface area (Å²) in [6, 6.07) is 22.4. The Morgan fingerprint density at radius 3 is 2.39 bits per heavy atom. The zero-order valence-electron chi connectivity index (χ0n) is 18.3. The summed E-state index contributed by atoms with van der Waals surface area (Å²) in [5, 5.41) is 4.34. The maximum Gasteiger partial charge on any atom is 0.264 e. The van der Waals surface area contributed by atoms with E-state index in [1.807, 2.05) is 18.2 Å². The summed E-state index contributed by atoms with van der Waals surface area (Å²) in [6.45, 7) is -0.395. The second-order valence-electron chi connectivity index (χ2n) is 7.63. The van der Waals surface area contributed by atoms with Crippen LogP contribution in [0.25, 0.3) is 0 Å². The molecule has 8 heteroatoms. The van der Waals surface area contributed by atoms with Crippen LogP contribution in [0.5, 0.6) is 5.75 Å². The van der Waals surface area contributed by atoms with Gasteiger partial charge in [0.25, 0.3) is 15.9 Å². The molecule has 0 saturated heterocycles. The number of benzene rings is 3. The van der Waals surface area contributed by atoms with E-state index in [0.29, 0.717) is 5.69 Å². The number of anilines is 1. The van der Waals surface area contributed by atoms with E-state index in [1.165, 1.54) is 12.1 Å². The third-order valence-electron chi connectivity index (χ3n) is 5.46. The normalized spacial score (nSPS) is 14.4. The van der Waals surface area contributed by atoms with E-state index in [0.717, 1.165) is 46.2 Å². The molecular weight excluding hydrogens is 438 g/mol. The molecule has 0 fully saturated rings. The number of ether oxygens (including phenoxy) is 1. The van der Waals surface area contributed by atoms with Crippen LogP contribution in [0.2, 0.25) is 0 Å². The summed E-state index contributed by atoms with van der Waals surface area (Å²) in [4.78, 5) is 12.9. The predicted molar refractivity (Wildman–Crippen MR) is 128 cm³/mol. The summed E-state index contributed by atoms with van der Waals surface area (Å²) in [6.07, 6.45) is 2.55. The van der Waals surface area contributed by atoms with Gasteiger partial charge in [0, 0.05) is 5.56 Å². The number of hydrazone groups is 1. The van der Waals surface area contributed by atoms with Gasteiger partial charge < -0.3 is 4.74 Å². The van der Waals surface area contributed by atoms with Gasteiger partial charge in [-0.25, -0.2) is 13.8 Å². The highest BCUT2D eigenvalue weighted by Crippen LogP contribution is 2.26. The third kappa shape index (κ3) is 5.06. The van der Waals surface area contributed by atoms with Gasteiger partial charge in [0.2, 0.25) is 0 Å². The number of rotatable bonds is 7. The Morgan fingerprint density at radius 1 is 1.00 bits per heavy atom. The molecule has 0 radical (unpaired) electrons. The van der Waals surface area contributed by atoms with Crippen LogP contribution in [-0.2, 0) is 21.2 Å². The molecule has 0 heterocycles. The number of carbonyl (C=O) groups excluding carboxylic acids is 1. The number of aryl methyl sites for hydroxylation is 1. The van der Waals surface area contributed by atoms with E-state index in [1.54, 1.807) is 55.6 Å². The number of sulfonamides is 1. The van der Waals surface area contributed by atoms with Crippen LogP contribution in [0.15, 0.2) is 88.9 Å². The Kier molecular flexibility index (Phi) is 6.74. The maximum atomic E-state index is 13.3. The van der Waals surface area contributed by atoms with E-state index in [4.69, 9.17) is 4.74 Å². The lowest BCUT2D eigenvalue weighted by Gasteiger charge is -2.24. The molecule has 0 bridgehead atoms. The molecule has 0 aromatic heterocycles. The number of methoxy groups -OCH3 is 1. The Hall–Kier alpha value is -3.65. The quantitative estimate of drug-likeness (QED) is 0.541. The van der Waals surface area contributed by atoms with Crippen molar-refractivity contribution < 1.29 is 17.9 Å². The topological polar surface area (TPSA) is 88.1 Å². The van der Waals surface area contributed by atoms with Crippen LogP contribution < -0.4 is 14.5 Å². The molecule has 0 unspecified atom stereocenters. The smallest absolute Gasteiger partial charge is 0.264 e. The highest BCUT2D eigenvalue weighted by Gasteiger charge is 2.27. The summed E-state index contributed by atoms with van der Waals surface area (Å²) in [5.74, 6) is 0.259. The van der Waals surface area contributed by atoms with Gasteiger partial charge >= 0.3 is 0 Å². The Balaban J connectivity index is 1.57. The van der Waals surface area contributed by atoms with E-state index in [-0.39, 0.29) is 4.90 Å². The number of amides is 1. The van der Waals surface area contributed by atoms with Gasteiger partial charge in [0.05, 0.1) is 23.4 Å². The summed E-state index contributed by atoms with van der Waals surface area (Å²) in [5.41, 5.74) is 5.82. The van der Waals surface area contributed by atoms with Gasteiger partial charge in [0.15, 0.2) is 0 Å². The molecule has 3 aromatic rings. The standard InChI is InChI=1S/C25H25N3O4S/c1-32-21-15-16-23-19(17-21)9-8-14-24(23)26-27-25(29)18-28(20-10-4-2-5-11-20)33(30,31)22-12-6-3-7-13-22/h2-7,10-13,15-17H,8-9,14,18H2,1H3,(H,27,29)/b26-24-. The van der Waals surface area contributed by atoms with E-state index >= 15 is 0 Å². The predicted octanol–water partition coefficient (Wildman–Crippen LogP) is 3.75. The minimum Gasteiger partial charge on any atom is -0.497 e. The fraction of sp³-hybridized carbons (Fsp3) is 0.200. The van der Waals surface area contributed by atoms with Crippen molar-refractivity contribution >= 4 is 27.3 Å². The first-order valence-electron chi connectivity index (χ1n) is 10.6. The fourth-order valence-corrected chi connectivity index (χ4v) is 5.25. The molecule has 0 aliphatic heterocycles. The second-order valence-corrected chi connectivity index (χ2v) is 9.49. The van der Waals surface area contributed by atoms with Gasteiger partial charge in [-0.15, -0.1) is 0 Å². The zero-order chi connectivity index (χ0) is 23.3. The number of hydrogen-bond donors (Lipinski definition) is 1. The molecule has 1 N–H and O–H groups in total. The largest absolute Gasteiger partial charge is 0.497 e. The first-order valence-corrected chi connectivity index (χ1v) is 12.1. The molecule has 1 aliphatic carbocycles. The molecule has 0 spiro atoms. The van der Waals surface area contributed by atoms with Crippen molar-refractivity contribution in [2.45, 2.75) is 24.2 Å². The number of nitrogens with zero attached hydrogens (tertiary/aromatic N) is 2. The van der Waals surface area contributed by atoms with E-state index < -0.39 is 22.5 Å². The Morgan fingerprint density at radius 2 is 1.70 bits per heavy atom. The van der Waals surface area contributed by atoms with Gasteiger partial charge in [-0.05, 0) is 67.3 Å². The number of hydrogen-bond acceptors (Lipinski definition) is 5. The van der Waals surface area contributed by atoms with Crippen molar-refractivity contribution in [2.24, 2.45) is 5.10 Å². The van der Waals surface area contributed by atoms with Crippen molar-refractivity contribution in [1.82, 2.24) is 5.43 Å². The lowest BCUT2D eigenvalue weighted by atomic mass is 9.90. The van der Waals surface area contributed by atoms with Crippen LogP contribution in [0.4, 0.5) is 5.69 Å². The molecule has 3 aromatic carbocycles. The molecule has 4 rings (SSSR count). The molecular formula is C25H25N3O4S.